The lowest BCUT2D eigenvalue weighted by Gasteiger charge is -2.27. The number of ether oxygens (including phenoxy) is 1. The van der Waals surface area contributed by atoms with Crippen molar-refractivity contribution in [2.45, 2.75) is 46.1 Å². The maximum absolute atomic E-state index is 8.36. The Hall–Kier alpha value is -3.13. The van der Waals surface area contributed by atoms with Gasteiger partial charge in [0.15, 0.2) is 5.82 Å². The van der Waals surface area contributed by atoms with Crippen molar-refractivity contribution in [2.75, 3.05) is 25.4 Å². The Balaban J connectivity index is 0.000000858. The van der Waals surface area contributed by atoms with Gasteiger partial charge in [0.05, 0.1) is 6.61 Å². The molecule has 2 aromatic heterocycles. The molecule has 8 nitrogen and oxygen atoms in total. The van der Waals surface area contributed by atoms with Crippen LogP contribution in [0.15, 0.2) is 24.4 Å². The van der Waals surface area contributed by atoms with Gasteiger partial charge in [-0.05, 0) is 36.1 Å². The van der Waals surface area contributed by atoms with Crippen LogP contribution in [0.1, 0.15) is 48.9 Å². The summed E-state index contributed by atoms with van der Waals surface area (Å²) in [6.45, 7) is 8.01. The van der Waals surface area contributed by atoms with Gasteiger partial charge in [-0.25, -0.2) is 0 Å². The summed E-state index contributed by atoms with van der Waals surface area (Å²) in [5.74, 6) is 0.437. The highest BCUT2D eigenvalue weighted by atomic mass is 16.5. The molecule has 1 aromatic carbocycles. The average Bonchev–Trinajstić information content (AvgIpc) is 3.17. The van der Waals surface area contributed by atoms with E-state index in [9.17, 15) is 0 Å². The molecule has 0 unspecified atom stereocenters. The predicted octanol–water partition coefficient (Wildman–Crippen LogP) is 3.39. The van der Waals surface area contributed by atoms with Crippen molar-refractivity contribution in [1.29, 1.82) is 0 Å². The monoisotopic (exact) mass is 425 g/mol. The number of nitrogens with two attached hydrogens (primary N) is 1. The van der Waals surface area contributed by atoms with Crippen LogP contribution < -0.4 is 10.5 Å². The number of hydrogen-bond donors (Lipinski definition) is 3. The Labute approximate surface area is 182 Å². The lowest BCUT2D eigenvalue weighted by molar-refractivity contribution is -0.122. The molecule has 0 atom stereocenters. The zero-order valence-corrected chi connectivity index (χ0v) is 18.2. The molecule has 0 bridgehead atoms. The fourth-order valence-corrected chi connectivity index (χ4v) is 3.83. The Morgan fingerprint density at radius 3 is 2.84 bits per heavy atom. The molecule has 4 rings (SSSR count). The molecule has 4 N–H and O–H groups in total. The summed E-state index contributed by atoms with van der Waals surface area (Å²) >= 11 is 0. The van der Waals surface area contributed by atoms with Crippen LogP contribution in [0.5, 0.6) is 6.01 Å². The second kappa shape index (κ2) is 10.8. The largest absolute Gasteiger partial charge is 0.483 e. The van der Waals surface area contributed by atoms with Crippen molar-refractivity contribution < 1.29 is 14.6 Å². The second-order valence-corrected chi connectivity index (χ2v) is 7.63. The highest BCUT2D eigenvalue weighted by Gasteiger charge is 2.17. The average molecular weight is 426 g/mol. The van der Waals surface area contributed by atoms with E-state index in [1.165, 1.54) is 16.7 Å². The van der Waals surface area contributed by atoms with E-state index in [-0.39, 0.29) is 6.47 Å². The number of nitrogen functional groups attached to an aromatic ring is 1. The van der Waals surface area contributed by atoms with Gasteiger partial charge in [0.25, 0.3) is 6.47 Å². The van der Waals surface area contributed by atoms with Gasteiger partial charge in [-0.2, -0.15) is 9.97 Å². The molecular formula is C23H31N5O3. The molecule has 0 saturated carbocycles. The first-order valence-electron chi connectivity index (χ1n) is 10.8. The Kier molecular flexibility index (Phi) is 7.83. The van der Waals surface area contributed by atoms with Gasteiger partial charge in [-0.15, -0.1) is 0 Å². The summed E-state index contributed by atoms with van der Waals surface area (Å²) < 4.78 is 5.69. The minimum atomic E-state index is -0.250. The van der Waals surface area contributed by atoms with Crippen molar-refractivity contribution in [3.05, 3.63) is 46.6 Å². The Bertz CT molecular complexity index is 1020. The second-order valence-electron chi connectivity index (χ2n) is 7.63. The number of H-pyrrole nitrogens is 1. The summed E-state index contributed by atoms with van der Waals surface area (Å²) in [5.41, 5.74) is 13.1. The molecule has 0 fully saturated rings. The van der Waals surface area contributed by atoms with Crippen LogP contribution in [0.4, 0.5) is 5.82 Å². The summed E-state index contributed by atoms with van der Waals surface area (Å²) in [6, 6.07) is 7.24. The minimum Gasteiger partial charge on any atom is -0.483 e. The Morgan fingerprint density at radius 1 is 1.29 bits per heavy atom. The van der Waals surface area contributed by atoms with Gasteiger partial charge in [-0.3, -0.25) is 9.69 Å². The number of nitrogens with one attached hydrogen (secondary N) is 1. The molecule has 166 valence electrons. The molecule has 3 aromatic rings. The maximum atomic E-state index is 8.36. The van der Waals surface area contributed by atoms with Crippen molar-refractivity contribution >= 4 is 23.3 Å². The Morgan fingerprint density at radius 2 is 2.10 bits per heavy atom. The van der Waals surface area contributed by atoms with Crippen LogP contribution >= 0.6 is 0 Å². The first-order valence-corrected chi connectivity index (χ1v) is 10.8. The number of nitrogens with zero attached hydrogens (tertiary/aromatic N) is 3. The minimum absolute atomic E-state index is 0.250. The molecule has 8 heteroatoms. The van der Waals surface area contributed by atoms with E-state index in [4.69, 9.17) is 20.4 Å². The SMILES string of the molecule is CCCCOc1nc(N)c2[nH]cc(Cc3ccc4c(c3)CN(CC)CC4)c2n1.O=CO. The zero-order valence-electron chi connectivity index (χ0n) is 18.2. The first-order chi connectivity index (χ1) is 15.1. The van der Waals surface area contributed by atoms with Crippen molar-refractivity contribution in [1.82, 2.24) is 19.9 Å². The number of likely N-dealkylation sites (N-methyl/N-ethyl adjacent to an activating group) is 1. The number of benzene rings is 1. The lowest BCUT2D eigenvalue weighted by atomic mass is 9.95. The topological polar surface area (TPSA) is 117 Å². The maximum Gasteiger partial charge on any atom is 0.319 e. The molecule has 0 aliphatic carbocycles. The van der Waals surface area contributed by atoms with Gasteiger partial charge < -0.3 is 20.6 Å². The number of carboxylic acid groups (broad SMARTS) is 1. The van der Waals surface area contributed by atoms with E-state index in [0.29, 0.717) is 18.4 Å². The number of carbonyl (C=O) groups is 1. The fourth-order valence-electron chi connectivity index (χ4n) is 3.83. The third-order valence-corrected chi connectivity index (χ3v) is 5.54. The predicted molar refractivity (Wildman–Crippen MR) is 121 cm³/mol. The molecule has 0 spiro atoms. The smallest absolute Gasteiger partial charge is 0.319 e. The highest BCUT2D eigenvalue weighted by Crippen LogP contribution is 2.27. The third-order valence-electron chi connectivity index (χ3n) is 5.54. The van der Waals surface area contributed by atoms with Crippen LogP contribution in [0, 0.1) is 0 Å². The van der Waals surface area contributed by atoms with Crippen LogP contribution in [0.25, 0.3) is 11.0 Å². The van der Waals surface area contributed by atoms with Crippen LogP contribution in [0.3, 0.4) is 0 Å². The number of aromatic nitrogens is 3. The molecule has 0 radical (unpaired) electrons. The molecule has 1 aliphatic heterocycles. The van der Waals surface area contributed by atoms with E-state index >= 15 is 0 Å². The van der Waals surface area contributed by atoms with Gasteiger partial charge in [0, 0.05) is 31.3 Å². The van der Waals surface area contributed by atoms with Gasteiger partial charge in [0.1, 0.15) is 11.0 Å². The van der Waals surface area contributed by atoms with E-state index < -0.39 is 0 Å². The van der Waals surface area contributed by atoms with Crippen LogP contribution in [-0.2, 0) is 24.2 Å². The van der Waals surface area contributed by atoms with E-state index in [2.05, 4.69) is 51.9 Å². The normalized spacial score (nSPS) is 13.4. The van der Waals surface area contributed by atoms with Crippen LogP contribution in [0.2, 0.25) is 0 Å². The number of rotatable bonds is 7. The van der Waals surface area contributed by atoms with Crippen molar-refractivity contribution in [2.24, 2.45) is 0 Å². The molecule has 0 saturated heterocycles. The molecule has 3 heterocycles. The zero-order chi connectivity index (χ0) is 22.2. The third kappa shape index (κ3) is 5.52. The summed E-state index contributed by atoms with van der Waals surface area (Å²) in [7, 11) is 0. The summed E-state index contributed by atoms with van der Waals surface area (Å²) in [5, 5.41) is 6.89. The quantitative estimate of drug-likeness (QED) is 0.392. The number of unbranched alkanes of at least 4 members (excludes halogenated alkanes) is 1. The van der Waals surface area contributed by atoms with Gasteiger partial charge >= 0.3 is 6.01 Å². The van der Waals surface area contributed by atoms with Crippen molar-refractivity contribution in [3.63, 3.8) is 0 Å². The number of anilines is 1. The van der Waals surface area contributed by atoms with Crippen molar-refractivity contribution in [3.8, 4) is 6.01 Å². The van der Waals surface area contributed by atoms with E-state index in [1.54, 1.807) is 0 Å². The summed E-state index contributed by atoms with van der Waals surface area (Å²) in [6.07, 6.45) is 5.98. The first kappa shape index (κ1) is 22.6. The lowest BCUT2D eigenvalue weighted by Crippen LogP contribution is -2.30. The number of fused-ring (bicyclic) bond motifs is 2. The van der Waals surface area contributed by atoms with Gasteiger partial charge in [-0.1, -0.05) is 38.5 Å². The standard InChI is InChI=1S/C22H29N5O.CH2O2/c1-3-5-10-28-22-25-19-17(13-24-20(19)21(23)26-22)11-15-6-7-16-8-9-27(4-2)14-18(16)12-15;2-1-3/h6-7,12-13,24H,3-5,8-11,14H2,1-2H3,(H2,23,25,26);1H,(H,2,3). The molecule has 0 amide bonds. The molecular weight excluding hydrogens is 394 g/mol. The summed E-state index contributed by atoms with van der Waals surface area (Å²) in [4.78, 5) is 23.0. The van der Waals surface area contributed by atoms with Gasteiger partial charge in [0.2, 0.25) is 0 Å². The molecule has 31 heavy (non-hydrogen) atoms. The fraction of sp³-hybridized carbons (Fsp3) is 0.435. The number of aromatic amines is 1. The highest BCUT2D eigenvalue weighted by molar-refractivity contribution is 5.87. The van der Waals surface area contributed by atoms with E-state index in [1.807, 2.05) is 6.20 Å². The molecule has 1 aliphatic rings. The van der Waals surface area contributed by atoms with E-state index in [0.717, 1.165) is 61.9 Å². The number of hydrogen-bond acceptors (Lipinski definition) is 6. The van der Waals surface area contributed by atoms with Crippen LogP contribution in [-0.4, -0.2) is 51.1 Å².